The number of halogens is 2. The lowest BCUT2D eigenvalue weighted by molar-refractivity contribution is -0.122. The Balaban J connectivity index is 2.45. The molecule has 2 rings (SSSR count). The molecule has 0 fully saturated rings. The lowest BCUT2D eigenvalue weighted by atomic mass is 9.90. The molecule has 110 valence electrons. The van der Waals surface area contributed by atoms with Crippen LogP contribution in [0, 0.1) is 12.7 Å². The van der Waals surface area contributed by atoms with Crippen LogP contribution in [0.3, 0.4) is 0 Å². The van der Waals surface area contributed by atoms with Crippen LogP contribution in [0.5, 0.6) is 0 Å². The summed E-state index contributed by atoms with van der Waals surface area (Å²) in [7, 11) is 0. The molecule has 3 N–H and O–H groups in total. The molecule has 0 radical (unpaired) electrons. The second kappa shape index (κ2) is 5.74. The Morgan fingerprint density at radius 3 is 2.38 bits per heavy atom. The molecule has 1 atom stereocenters. The maximum atomic E-state index is 13.2. The Morgan fingerprint density at radius 1 is 1.24 bits per heavy atom. The van der Waals surface area contributed by atoms with E-state index in [1.165, 1.54) is 12.1 Å². The van der Waals surface area contributed by atoms with Crippen molar-refractivity contribution in [1.29, 1.82) is 0 Å². The van der Waals surface area contributed by atoms with E-state index in [9.17, 15) is 9.18 Å². The van der Waals surface area contributed by atoms with E-state index in [1.807, 2.05) is 31.2 Å². The average Bonchev–Trinajstić information content (AvgIpc) is 2.41. The number of primary amides is 1. The van der Waals surface area contributed by atoms with Gasteiger partial charge in [0.05, 0.1) is 0 Å². The Hall–Kier alpha value is -2.07. The number of nitrogens with one attached hydrogen (secondary N) is 1. The molecule has 3 nitrogen and oxygen atoms in total. The molecule has 5 heteroatoms. The smallest absolute Gasteiger partial charge is 0.247 e. The second-order valence-corrected chi connectivity index (χ2v) is 5.51. The summed E-state index contributed by atoms with van der Waals surface area (Å²) in [6.45, 7) is 3.59. The van der Waals surface area contributed by atoms with Gasteiger partial charge in [0.25, 0.3) is 0 Å². The van der Waals surface area contributed by atoms with Crippen LogP contribution in [-0.4, -0.2) is 5.91 Å². The molecule has 0 aliphatic carbocycles. The van der Waals surface area contributed by atoms with Crippen molar-refractivity contribution in [2.75, 3.05) is 5.32 Å². The third-order valence-corrected chi connectivity index (χ3v) is 3.72. The van der Waals surface area contributed by atoms with E-state index in [0.717, 1.165) is 17.3 Å². The fourth-order valence-corrected chi connectivity index (χ4v) is 2.44. The summed E-state index contributed by atoms with van der Waals surface area (Å²) in [5.74, 6) is -1.07. The molecular weight excluding hydrogens is 291 g/mol. The van der Waals surface area contributed by atoms with Gasteiger partial charge in [-0.3, -0.25) is 4.79 Å². The fourth-order valence-electron chi connectivity index (χ4n) is 2.08. The van der Waals surface area contributed by atoms with Crippen molar-refractivity contribution in [3.05, 3.63) is 64.4 Å². The number of hydrogen-bond acceptors (Lipinski definition) is 2. The van der Waals surface area contributed by atoms with Gasteiger partial charge in [-0.25, -0.2) is 4.39 Å². The van der Waals surface area contributed by atoms with Gasteiger partial charge in [-0.05, 0) is 38.1 Å². The maximum absolute atomic E-state index is 13.2. The summed E-state index contributed by atoms with van der Waals surface area (Å²) in [5.41, 5.74) is 6.55. The van der Waals surface area contributed by atoms with Crippen molar-refractivity contribution in [2.45, 2.75) is 19.4 Å². The van der Waals surface area contributed by atoms with Gasteiger partial charge in [0.15, 0.2) is 0 Å². The lowest BCUT2D eigenvalue weighted by Gasteiger charge is -2.30. The molecule has 0 aliphatic rings. The molecule has 2 aromatic rings. The molecule has 1 unspecified atom stereocenters. The van der Waals surface area contributed by atoms with Gasteiger partial charge in [0.2, 0.25) is 5.91 Å². The predicted octanol–water partition coefficient (Wildman–Crippen LogP) is 3.60. The first-order chi connectivity index (χ1) is 9.83. The van der Waals surface area contributed by atoms with Crippen molar-refractivity contribution in [2.24, 2.45) is 5.73 Å². The van der Waals surface area contributed by atoms with Gasteiger partial charge in [0, 0.05) is 16.3 Å². The average molecular weight is 307 g/mol. The highest BCUT2D eigenvalue weighted by Gasteiger charge is 2.35. The first-order valence-corrected chi connectivity index (χ1v) is 6.81. The van der Waals surface area contributed by atoms with Gasteiger partial charge in [0.1, 0.15) is 11.4 Å². The van der Waals surface area contributed by atoms with Crippen LogP contribution in [0.25, 0.3) is 0 Å². The zero-order valence-electron chi connectivity index (χ0n) is 11.8. The topological polar surface area (TPSA) is 55.1 Å². The van der Waals surface area contributed by atoms with Crippen molar-refractivity contribution in [3.63, 3.8) is 0 Å². The minimum absolute atomic E-state index is 0.149. The number of carbonyl (C=O) groups is 1. The van der Waals surface area contributed by atoms with Crippen molar-refractivity contribution in [1.82, 2.24) is 0 Å². The molecule has 0 aliphatic heterocycles. The highest BCUT2D eigenvalue weighted by molar-refractivity contribution is 6.31. The Morgan fingerprint density at radius 2 is 1.86 bits per heavy atom. The minimum Gasteiger partial charge on any atom is -0.368 e. The molecule has 0 aromatic heterocycles. The third kappa shape index (κ3) is 3.16. The summed E-state index contributed by atoms with van der Waals surface area (Å²) in [6.07, 6.45) is 0. The van der Waals surface area contributed by atoms with Crippen molar-refractivity contribution >= 4 is 23.2 Å². The minimum atomic E-state index is -1.24. The maximum Gasteiger partial charge on any atom is 0.247 e. The molecule has 1 amide bonds. The molecule has 0 bridgehead atoms. The zero-order chi connectivity index (χ0) is 15.6. The number of rotatable bonds is 4. The van der Waals surface area contributed by atoms with Crippen LogP contribution in [-0.2, 0) is 10.3 Å². The largest absolute Gasteiger partial charge is 0.368 e. The quantitative estimate of drug-likeness (QED) is 0.907. The molecular formula is C16H16ClFN2O. The Kier molecular flexibility index (Phi) is 4.19. The standard InChI is InChI=1S/C16H16ClFN2O/c1-10-3-6-12(7-4-10)20-16(2,15(19)21)13-8-5-11(18)9-14(13)17/h3-9,20H,1-2H3,(H2,19,21). The fraction of sp³-hybridized carbons (Fsp3) is 0.188. The number of carbonyl (C=O) groups excluding carboxylic acids is 1. The number of amides is 1. The van der Waals surface area contributed by atoms with E-state index in [2.05, 4.69) is 5.32 Å². The highest BCUT2D eigenvalue weighted by Crippen LogP contribution is 2.32. The second-order valence-electron chi connectivity index (χ2n) is 5.10. The molecule has 0 saturated carbocycles. The van der Waals surface area contributed by atoms with E-state index in [4.69, 9.17) is 17.3 Å². The lowest BCUT2D eigenvalue weighted by Crippen LogP contribution is -2.45. The summed E-state index contributed by atoms with van der Waals surface area (Å²) in [6, 6.07) is 11.4. The molecule has 0 heterocycles. The number of anilines is 1. The van der Waals surface area contributed by atoms with Gasteiger partial charge in [-0.1, -0.05) is 35.4 Å². The summed E-state index contributed by atoms with van der Waals surface area (Å²) in [5, 5.41) is 3.23. The molecule has 21 heavy (non-hydrogen) atoms. The zero-order valence-corrected chi connectivity index (χ0v) is 12.5. The SMILES string of the molecule is Cc1ccc(NC(C)(C(N)=O)c2ccc(F)cc2Cl)cc1. The van der Waals surface area contributed by atoms with Crippen LogP contribution in [0.15, 0.2) is 42.5 Å². The molecule has 0 spiro atoms. The summed E-state index contributed by atoms with van der Waals surface area (Å²) >= 11 is 6.06. The number of benzene rings is 2. The van der Waals surface area contributed by atoms with E-state index in [0.29, 0.717) is 5.56 Å². The highest BCUT2D eigenvalue weighted by atomic mass is 35.5. The summed E-state index contributed by atoms with van der Waals surface area (Å²) < 4.78 is 13.2. The van der Waals surface area contributed by atoms with E-state index in [1.54, 1.807) is 6.92 Å². The van der Waals surface area contributed by atoms with Crippen LogP contribution >= 0.6 is 11.6 Å². The van der Waals surface area contributed by atoms with Gasteiger partial charge in [-0.2, -0.15) is 0 Å². The van der Waals surface area contributed by atoms with Crippen LogP contribution in [0.2, 0.25) is 5.02 Å². The number of hydrogen-bond donors (Lipinski definition) is 2. The number of nitrogens with two attached hydrogens (primary N) is 1. The first kappa shape index (κ1) is 15.3. The third-order valence-electron chi connectivity index (χ3n) is 3.41. The van der Waals surface area contributed by atoms with Crippen LogP contribution in [0.1, 0.15) is 18.1 Å². The van der Waals surface area contributed by atoms with E-state index < -0.39 is 17.3 Å². The van der Waals surface area contributed by atoms with Crippen molar-refractivity contribution in [3.8, 4) is 0 Å². The normalized spacial score (nSPS) is 13.5. The predicted molar refractivity (Wildman–Crippen MR) is 82.8 cm³/mol. The summed E-state index contributed by atoms with van der Waals surface area (Å²) in [4.78, 5) is 11.9. The Bertz CT molecular complexity index is 672. The molecule has 2 aromatic carbocycles. The van der Waals surface area contributed by atoms with Gasteiger partial charge in [-0.15, -0.1) is 0 Å². The van der Waals surface area contributed by atoms with Crippen LogP contribution < -0.4 is 11.1 Å². The monoisotopic (exact) mass is 306 g/mol. The molecule has 0 saturated heterocycles. The number of aryl methyl sites for hydroxylation is 1. The van der Waals surface area contributed by atoms with Crippen LogP contribution in [0.4, 0.5) is 10.1 Å². The van der Waals surface area contributed by atoms with Gasteiger partial charge >= 0.3 is 0 Å². The van der Waals surface area contributed by atoms with E-state index >= 15 is 0 Å². The van der Waals surface area contributed by atoms with E-state index in [-0.39, 0.29) is 5.02 Å². The first-order valence-electron chi connectivity index (χ1n) is 6.43. The Labute approximate surface area is 127 Å². The van der Waals surface area contributed by atoms with Crippen molar-refractivity contribution < 1.29 is 9.18 Å². The van der Waals surface area contributed by atoms with Gasteiger partial charge < -0.3 is 11.1 Å².